The van der Waals surface area contributed by atoms with Crippen molar-refractivity contribution in [3.8, 4) is 0 Å². The van der Waals surface area contributed by atoms with Gasteiger partial charge in [-0.2, -0.15) is 0 Å². The zero-order valence-corrected chi connectivity index (χ0v) is 21.0. The lowest BCUT2D eigenvalue weighted by Crippen LogP contribution is -2.55. The number of likely N-dealkylation sites (N-methyl/N-ethyl adjacent to an activating group) is 1. The molecule has 0 aliphatic carbocycles. The van der Waals surface area contributed by atoms with Crippen molar-refractivity contribution in [3.05, 3.63) is 12.2 Å². The van der Waals surface area contributed by atoms with Gasteiger partial charge in [0.25, 0.3) is 0 Å². The maximum Gasteiger partial charge on any atom is 0.217 e. The van der Waals surface area contributed by atoms with Crippen LogP contribution in [0.15, 0.2) is 17.1 Å². The summed E-state index contributed by atoms with van der Waals surface area (Å²) in [5.41, 5.74) is 0. The van der Waals surface area contributed by atoms with Gasteiger partial charge >= 0.3 is 0 Å². The lowest BCUT2D eigenvalue weighted by Gasteiger charge is -2.38. The molecular formula is C27H52N3O+. The maximum atomic E-state index is 11.2. The molecule has 0 saturated heterocycles. The number of aliphatic imine (C=N–C) groups is 1. The number of nitrogens with one attached hydrogen (secondary N) is 1. The number of carbonyl (C=O) groups is 1. The maximum absolute atomic E-state index is 11.2. The highest BCUT2D eigenvalue weighted by Gasteiger charge is 2.37. The molecule has 0 spiro atoms. The molecule has 1 aliphatic heterocycles. The fourth-order valence-corrected chi connectivity index (χ4v) is 4.72. The Bertz CT molecular complexity index is 503. The SMILES string of the molecule is CCCCCCCCCCCCCC/C=C/CCC1N=CC[N+]1(CC)CCNC(C)=O. The number of rotatable bonds is 20. The van der Waals surface area contributed by atoms with Crippen LogP contribution in [0.4, 0.5) is 0 Å². The molecule has 1 amide bonds. The molecule has 2 atom stereocenters. The molecule has 0 aromatic heterocycles. The summed E-state index contributed by atoms with van der Waals surface area (Å²) in [6, 6.07) is 0. The third-order valence-corrected chi connectivity index (χ3v) is 6.90. The monoisotopic (exact) mass is 434 g/mol. The van der Waals surface area contributed by atoms with Crippen LogP contribution in [0.3, 0.4) is 0 Å². The number of nitrogens with zero attached hydrogens (tertiary/aromatic N) is 2. The van der Waals surface area contributed by atoms with Crippen LogP contribution in [0.25, 0.3) is 0 Å². The van der Waals surface area contributed by atoms with Gasteiger partial charge in [-0.25, -0.2) is 4.99 Å². The van der Waals surface area contributed by atoms with Gasteiger partial charge in [-0.1, -0.05) is 89.7 Å². The molecule has 0 aromatic carbocycles. The van der Waals surface area contributed by atoms with Crippen molar-refractivity contribution in [2.24, 2.45) is 4.99 Å². The van der Waals surface area contributed by atoms with Gasteiger partial charge in [0.05, 0.1) is 25.8 Å². The van der Waals surface area contributed by atoms with E-state index >= 15 is 0 Å². The Labute approximate surface area is 193 Å². The van der Waals surface area contributed by atoms with Crippen molar-refractivity contribution in [2.75, 3.05) is 26.2 Å². The minimum Gasteiger partial charge on any atom is -0.351 e. The molecule has 2 unspecified atom stereocenters. The average Bonchev–Trinajstić information content (AvgIpc) is 3.16. The molecule has 1 heterocycles. The molecular weight excluding hydrogens is 382 g/mol. The largest absolute Gasteiger partial charge is 0.351 e. The van der Waals surface area contributed by atoms with Gasteiger partial charge in [-0.15, -0.1) is 0 Å². The molecule has 180 valence electrons. The van der Waals surface area contributed by atoms with Crippen LogP contribution < -0.4 is 5.32 Å². The van der Waals surface area contributed by atoms with E-state index in [1.165, 1.54) is 83.5 Å². The van der Waals surface area contributed by atoms with Gasteiger partial charge in [0.1, 0.15) is 6.54 Å². The number of hydrogen-bond donors (Lipinski definition) is 1. The summed E-state index contributed by atoms with van der Waals surface area (Å²) in [6.45, 7) is 9.93. The van der Waals surface area contributed by atoms with E-state index in [1.807, 2.05) is 0 Å². The van der Waals surface area contributed by atoms with Gasteiger partial charge in [-0.3, -0.25) is 9.28 Å². The van der Waals surface area contributed by atoms with Crippen LogP contribution in [0.5, 0.6) is 0 Å². The first-order valence-electron chi connectivity index (χ1n) is 13.4. The molecule has 1 rings (SSSR count). The van der Waals surface area contributed by atoms with Crippen molar-refractivity contribution in [1.29, 1.82) is 0 Å². The predicted molar refractivity (Wildman–Crippen MR) is 136 cm³/mol. The van der Waals surface area contributed by atoms with Crippen molar-refractivity contribution < 1.29 is 9.28 Å². The van der Waals surface area contributed by atoms with Crippen LogP contribution >= 0.6 is 0 Å². The molecule has 1 N–H and O–H groups in total. The summed E-state index contributed by atoms with van der Waals surface area (Å²) in [5, 5.41) is 2.95. The summed E-state index contributed by atoms with van der Waals surface area (Å²) in [7, 11) is 0. The summed E-state index contributed by atoms with van der Waals surface area (Å²) < 4.78 is 0.993. The number of hydrogen-bond acceptors (Lipinski definition) is 2. The highest BCUT2D eigenvalue weighted by Crippen LogP contribution is 2.23. The number of allylic oxidation sites excluding steroid dienone is 2. The lowest BCUT2D eigenvalue weighted by atomic mass is 10.0. The minimum absolute atomic E-state index is 0.0617. The molecule has 4 nitrogen and oxygen atoms in total. The minimum atomic E-state index is 0.0617. The van der Waals surface area contributed by atoms with Crippen LogP contribution in [0.2, 0.25) is 0 Å². The smallest absolute Gasteiger partial charge is 0.217 e. The van der Waals surface area contributed by atoms with E-state index in [2.05, 4.69) is 37.5 Å². The van der Waals surface area contributed by atoms with Crippen LogP contribution in [0.1, 0.15) is 117 Å². The number of carbonyl (C=O) groups excluding carboxylic acids is 1. The van der Waals surface area contributed by atoms with E-state index in [9.17, 15) is 4.79 Å². The Morgan fingerprint density at radius 2 is 1.52 bits per heavy atom. The Balaban J connectivity index is 2.00. The second-order valence-corrected chi connectivity index (χ2v) is 9.46. The quantitative estimate of drug-likeness (QED) is 0.128. The third kappa shape index (κ3) is 13.1. The fourth-order valence-electron chi connectivity index (χ4n) is 4.72. The average molecular weight is 435 g/mol. The zero-order valence-electron chi connectivity index (χ0n) is 21.0. The molecule has 0 bridgehead atoms. The first kappa shape index (κ1) is 27.9. The Morgan fingerprint density at radius 3 is 2.10 bits per heavy atom. The fraction of sp³-hybridized carbons (Fsp3) is 0.852. The van der Waals surface area contributed by atoms with Crippen molar-refractivity contribution >= 4 is 12.1 Å². The second kappa shape index (κ2) is 18.4. The van der Waals surface area contributed by atoms with Gasteiger partial charge in [0.2, 0.25) is 5.91 Å². The number of unbranched alkanes of at least 4 members (excludes halogenated alkanes) is 12. The number of quaternary nitrogens is 1. The number of amides is 1. The van der Waals surface area contributed by atoms with Crippen LogP contribution in [0, 0.1) is 0 Å². The first-order chi connectivity index (χ1) is 15.1. The summed E-state index contributed by atoms with van der Waals surface area (Å²) in [6.07, 6.45) is 27.6. The van der Waals surface area contributed by atoms with E-state index in [-0.39, 0.29) is 5.91 Å². The molecule has 0 aromatic rings. The van der Waals surface area contributed by atoms with E-state index in [4.69, 9.17) is 4.99 Å². The Hall–Kier alpha value is -1.16. The Kier molecular flexibility index (Phi) is 16.6. The summed E-state index contributed by atoms with van der Waals surface area (Å²) in [4.78, 5) is 15.9. The predicted octanol–water partition coefficient (Wildman–Crippen LogP) is 6.80. The highest BCUT2D eigenvalue weighted by molar-refractivity contribution is 5.72. The zero-order chi connectivity index (χ0) is 22.6. The molecule has 4 heteroatoms. The van der Waals surface area contributed by atoms with Crippen LogP contribution in [-0.2, 0) is 4.79 Å². The van der Waals surface area contributed by atoms with Gasteiger partial charge in [-0.05, 0) is 26.2 Å². The van der Waals surface area contributed by atoms with Crippen molar-refractivity contribution in [2.45, 2.75) is 123 Å². The van der Waals surface area contributed by atoms with Gasteiger partial charge in [0, 0.05) is 13.3 Å². The summed E-state index contributed by atoms with van der Waals surface area (Å²) in [5.74, 6) is 0.0617. The van der Waals surface area contributed by atoms with E-state index in [1.54, 1.807) is 6.92 Å². The molecule has 0 saturated carbocycles. The van der Waals surface area contributed by atoms with Gasteiger partial charge in [0.15, 0.2) is 6.17 Å². The molecule has 1 aliphatic rings. The summed E-state index contributed by atoms with van der Waals surface area (Å²) >= 11 is 0. The second-order valence-electron chi connectivity index (χ2n) is 9.46. The first-order valence-corrected chi connectivity index (χ1v) is 13.4. The van der Waals surface area contributed by atoms with Crippen molar-refractivity contribution in [3.63, 3.8) is 0 Å². The van der Waals surface area contributed by atoms with Crippen molar-refractivity contribution in [1.82, 2.24) is 5.32 Å². The molecule has 0 radical (unpaired) electrons. The highest BCUT2D eigenvalue weighted by atomic mass is 16.1. The standard InChI is InChI=1S/C27H51N3O/c1-4-6-7-8-9-10-11-12-13-14-15-16-17-18-19-20-21-27-29-23-25-30(27,5-2)24-22-28-26(3)31/h18-19,23,27H,4-17,20-22,24-25H2,1-3H3/p+1/b19-18+. The molecule has 31 heavy (non-hydrogen) atoms. The normalized spacial score (nSPS) is 20.7. The van der Waals surface area contributed by atoms with Gasteiger partial charge < -0.3 is 5.32 Å². The lowest BCUT2D eigenvalue weighted by molar-refractivity contribution is -0.935. The van der Waals surface area contributed by atoms with Crippen LogP contribution in [-0.4, -0.2) is 48.9 Å². The molecule has 0 fully saturated rings. The third-order valence-electron chi connectivity index (χ3n) is 6.90. The van der Waals surface area contributed by atoms with E-state index < -0.39 is 0 Å². The van der Waals surface area contributed by atoms with E-state index in [0.717, 1.165) is 43.5 Å². The topological polar surface area (TPSA) is 41.5 Å². The van der Waals surface area contributed by atoms with E-state index in [0.29, 0.717) is 6.17 Å². The Morgan fingerprint density at radius 1 is 0.935 bits per heavy atom.